The minimum absolute atomic E-state index is 0.0102. The van der Waals surface area contributed by atoms with Gasteiger partial charge in [-0.2, -0.15) is 0 Å². The van der Waals surface area contributed by atoms with Crippen molar-refractivity contribution < 1.29 is 23.1 Å². The average molecular weight is 585 g/mol. The third kappa shape index (κ3) is 8.69. The first-order valence-corrected chi connectivity index (χ1v) is 20.5. The maximum atomic E-state index is 13.6. The van der Waals surface area contributed by atoms with Gasteiger partial charge in [0.1, 0.15) is 18.0 Å². The summed E-state index contributed by atoms with van der Waals surface area (Å²) in [5, 5.41) is -0.0203. The fourth-order valence-electron chi connectivity index (χ4n) is 4.45. The number of Topliss-reactive ketones (excluding diaryl/α,β-unsaturated/α-hetero) is 1. The lowest BCUT2D eigenvalue weighted by atomic mass is 10.0. The number of benzene rings is 2. The van der Waals surface area contributed by atoms with Crippen LogP contribution in [0.3, 0.4) is 0 Å². The molecule has 2 aromatic carbocycles. The van der Waals surface area contributed by atoms with E-state index in [-0.39, 0.29) is 15.9 Å². The molecule has 0 heterocycles. The van der Waals surface area contributed by atoms with E-state index in [0.29, 0.717) is 26.1 Å². The molecule has 5 nitrogen and oxygen atoms in total. The molecule has 0 N–H and O–H groups in total. The molecule has 2 aromatic rings. The van der Waals surface area contributed by atoms with E-state index < -0.39 is 41.1 Å². The van der Waals surface area contributed by atoms with E-state index in [0.717, 1.165) is 11.1 Å². The van der Waals surface area contributed by atoms with Crippen molar-refractivity contribution in [3.63, 3.8) is 0 Å². The van der Waals surface area contributed by atoms with Crippen molar-refractivity contribution >= 4 is 22.4 Å². The highest BCUT2D eigenvalue weighted by Gasteiger charge is 2.50. The van der Waals surface area contributed by atoms with E-state index >= 15 is 0 Å². The summed E-state index contributed by atoms with van der Waals surface area (Å²) < 4.78 is 27.5. The van der Waals surface area contributed by atoms with Crippen molar-refractivity contribution in [1.82, 2.24) is 0 Å². The van der Waals surface area contributed by atoms with Crippen LogP contribution in [0.1, 0.15) is 65.5 Å². The van der Waals surface area contributed by atoms with Crippen molar-refractivity contribution in [2.24, 2.45) is 0 Å². The Bertz CT molecular complexity index is 988. The fraction of sp³-hybridized carbons (Fsp3) is 0.606. The minimum atomic E-state index is -2.23. The van der Waals surface area contributed by atoms with Crippen LogP contribution in [-0.4, -0.2) is 46.8 Å². The van der Waals surface area contributed by atoms with Crippen LogP contribution in [-0.2, 0) is 36.3 Å². The van der Waals surface area contributed by atoms with Crippen molar-refractivity contribution in [3.05, 3.63) is 71.8 Å². The summed E-state index contributed by atoms with van der Waals surface area (Å²) in [6.45, 7) is 23.1. The largest absolute Gasteiger partial charge is 0.411 e. The number of hydrogen-bond donors (Lipinski definition) is 0. The van der Waals surface area contributed by atoms with Gasteiger partial charge in [-0.05, 0) is 47.4 Å². The van der Waals surface area contributed by atoms with Gasteiger partial charge in [-0.1, -0.05) is 102 Å². The van der Waals surface area contributed by atoms with Gasteiger partial charge in [0.15, 0.2) is 16.6 Å². The molecule has 1 aliphatic rings. The normalized spacial score (nSPS) is 23.2. The second-order valence-electron chi connectivity index (χ2n) is 14.3. The van der Waals surface area contributed by atoms with E-state index in [9.17, 15) is 4.79 Å². The van der Waals surface area contributed by atoms with E-state index in [4.69, 9.17) is 18.3 Å². The molecule has 0 radical (unpaired) electrons. The predicted octanol–water partition coefficient (Wildman–Crippen LogP) is 8.30. The zero-order chi connectivity index (χ0) is 29.8. The van der Waals surface area contributed by atoms with Crippen LogP contribution in [0.2, 0.25) is 36.3 Å². The van der Waals surface area contributed by atoms with Crippen LogP contribution < -0.4 is 0 Å². The van der Waals surface area contributed by atoms with Crippen molar-refractivity contribution in [3.8, 4) is 0 Å². The summed E-state index contributed by atoms with van der Waals surface area (Å²) in [5.41, 5.74) is 2.15. The van der Waals surface area contributed by atoms with Gasteiger partial charge in [0.2, 0.25) is 0 Å². The Morgan fingerprint density at radius 1 is 0.625 bits per heavy atom. The molecule has 0 aliphatic heterocycles. The molecule has 0 saturated heterocycles. The second-order valence-corrected chi connectivity index (χ2v) is 23.8. The Morgan fingerprint density at radius 2 is 0.950 bits per heavy atom. The molecule has 0 bridgehead atoms. The van der Waals surface area contributed by atoms with Crippen LogP contribution in [0.15, 0.2) is 60.7 Å². The molecule has 3 rings (SSSR count). The summed E-state index contributed by atoms with van der Waals surface area (Å²) in [7, 11) is -4.46. The maximum absolute atomic E-state index is 13.6. The number of carbonyl (C=O) groups excluding carboxylic acids is 1. The maximum Gasteiger partial charge on any atom is 0.192 e. The average Bonchev–Trinajstić information content (AvgIpc) is 2.96. The van der Waals surface area contributed by atoms with Crippen molar-refractivity contribution in [2.45, 2.75) is 128 Å². The summed E-state index contributed by atoms with van der Waals surface area (Å²) in [6.07, 6.45) is -1.14. The van der Waals surface area contributed by atoms with Gasteiger partial charge < -0.3 is 18.3 Å². The lowest BCUT2D eigenvalue weighted by molar-refractivity contribution is -0.153. The lowest BCUT2D eigenvalue weighted by Gasteiger charge is -2.44. The topological polar surface area (TPSA) is 54.0 Å². The number of hydrogen-bond acceptors (Lipinski definition) is 5. The lowest BCUT2D eigenvalue weighted by Crippen LogP contribution is -2.55. The summed E-state index contributed by atoms with van der Waals surface area (Å²) in [5.74, 6) is 0.145. The molecule has 0 amide bonds. The van der Waals surface area contributed by atoms with Crippen molar-refractivity contribution in [1.29, 1.82) is 0 Å². The van der Waals surface area contributed by atoms with Crippen LogP contribution in [0.25, 0.3) is 0 Å². The molecular formula is C33H52O5Si2. The quantitative estimate of drug-likeness (QED) is 0.208. The van der Waals surface area contributed by atoms with E-state index in [1.54, 1.807) is 0 Å². The zero-order valence-corrected chi connectivity index (χ0v) is 28.5. The van der Waals surface area contributed by atoms with Crippen molar-refractivity contribution in [2.75, 3.05) is 0 Å². The van der Waals surface area contributed by atoms with E-state index in [1.807, 2.05) is 36.4 Å². The monoisotopic (exact) mass is 584 g/mol. The Hall–Kier alpha value is -1.62. The molecule has 7 heteroatoms. The van der Waals surface area contributed by atoms with E-state index in [2.05, 4.69) is 92.0 Å². The van der Waals surface area contributed by atoms with Gasteiger partial charge in [-0.3, -0.25) is 4.79 Å². The molecule has 0 spiro atoms. The molecule has 1 saturated carbocycles. The fourth-order valence-corrected chi connectivity index (χ4v) is 7.11. The first-order valence-electron chi connectivity index (χ1n) is 14.7. The third-order valence-corrected chi connectivity index (χ3v) is 18.0. The Kier molecular flexibility index (Phi) is 10.8. The first kappa shape index (κ1) is 32.9. The highest BCUT2D eigenvalue weighted by Crippen LogP contribution is 2.42. The molecule has 222 valence electrons. The first-order chi connectivity index (χ1) is 18.5. The van der Waals surface area contributed by atoms with Gasteiger partial charge in [-0.25, -0.2) is 0 Å². The Labute approximate surface area is 245 Å². The molecule has 4 atom stereocenters. The van der Waals surface area contributed by atoms with Crippen LogP contribution in [0.4, 0.5) is 0 Å². The predicted molar refractivity (Wildman–Crippen MR) is 168 cm³/mol. The summed E-state index contributed by atoms with van der Waals surface area (Å²) in [4.78, 5) is 13.6. The molecule has 0 aromatic heterocycles. The SMILES string of the molecule is CC(C)(C)[Si](C)(C)O[C@H]1CC(=O)C[C@H](O[Si](C)(C)C(C)(C)C)[C@@H](OCc2ccccc2)[C@@H]1OCc1ccccc1. The summed E-state index contributed by atoms with van der Waals surface area (Å²) in [6, 6.07) is 20.3. The zero-order valence-electron chi connectivity index (χ0n) is 26.5. The third-order valence-electron chi connectivity index (χ3n) is 8.99. The van der Waals surface area contributed by atoms with Crippen LogP contribution in [0, 0.1) is 0 Å². The number of carbonyl (C=O) groups is 1. The standard InChI is InChI=1S/C33H52O5Si2/c1-32(2,3)39(7,8)37-28-21-27(34)22-29(38-40(9,10)33(4,5)6)31(36-24-26-19-15-12-16-20-26)30(28)35-23-25-17-13-11-14-18-25/h11-20,28-31H,21-24H2,1-10H3/t28-,29-,30+,31+/m0/s1. The van der Waals surface area contributed by atoms with Gasteiger partial charge in [0, 0.05) is 12.8 Å². The van der Waals surface area contributed by atoms with Gasteiger partial charge in [0.05, 0.1) is 25.4 Å². The Balaban J connectivity index is 2.05. The molecule has 0 unspecified atom stereocenters. The van der Waals surface area contributed by atoms with E-state index in [1.165, 1.54) is 0 Å². The minimum Gasteiger partial charge on any atom is -0.411 e. The van der Waals surface area contributed by atoms with Crippen LogP contribution in [0.5, 0.6) is 0 Å². The van der Waals surface area contributed by atoms with Gasteiger partial charge in [0.25, 0.3) is 0 Å². The molecule has 40 heavy (non-hydrogen) atoms. The van der Waals surface area contributed by atoms with Gasteiger partial charge >= 0.3 is 0 Å². The Morgan fingerprint density at radius 3 is 1.25 bits per heavy atom. The van der Waals surface area contributed by atoms with Gasteiger partial charge in [-0.15, -0.1) is 0 Å². The summed E-state index contributed by atoms with van der Waals surface area (Å²) >= 11 is 0. The molecular weight excluding hydrogens is 533 g/mol. The number of ether oxygens (including phenoxy) is 2. The smallest absolute Gasteiger partial charge is 0.192 e. The highest BCUT2D eigenvalue weighted by atomic mass is 28.4. The second kappa shape index (κ2) is 13.1. The van der Waals surface area contributed by atoms with Crippen LogP contribution >= 0.6 is 0 Å². The molecule has 1 aliphatic carbocycles. The molecule has 1 fully saturated rings. The number of rotatable bonds is 10. The number of ketones is 1. The highest BCUT2D eigenvalue weighted by molar-refractivity contribution is 6.74.